The zero-order valence-electron chi connectivity index (χ0n) is 25.1. The van der Waals surface area contributed by atoms with E-state index in [0.29, 0.717) is 43.0 Å². The summed E-state index contributed by atoms with van der Waals surface area (Å²) < 4.78 is 21.7. The highest BCUT2D eigenvalue weighted by atomic mass is 35.5. The van der Waals surface area contributed by atoms with Crippen LogP contribution in [0.3, 0.4) is 0 Å². The van der Waals surface area contributed by atoms with Crippen molar-refractivity contribution < 1.29 is 23.5 Å². The molecule has 1 unspecified atom stereocenters. The highest BCUT2D eigenvalue weighted by molar-refractivity contribution is 6.31. The summed E-state index contributed by atoms with van der Waals surface area (Å²) in [6, 6.07) is 6.04. The van der Waals surface area contributed by atoms with E-state index in [1.807, 2.05) is 6.07 Å². The van der Waals surface area contributed by atoms with Crippen LogP contribution >= 0.6 is 23.2 Å². The van der Waals surface area contributed by atoms with Gasteiger partial charge in [-0.05, 0) is 92.0 Å². The largest absolute Gasteiger partial charge is 0.368 e. The number of Topliss-reactive ketones (excluding diaryl/α,β-unsaturated/α-hetero) is 1. The highest BCUT2D eigenvalue weighted by Gasteiger charge is 2.72. The Hall–Kier alpha value is -2.59. The maximum absolute atomic E-state index is 16.0. The number of halogens is 3. The molecule has 6 rings (SSSR count). The fraction of sp³-hybridized carbons (Fsp3) is 0.576. The Morgan fingerprint density at radius 3 is 2.57 bits per heavy atom. The van der Waals surface area contributed by atoms with E-state index in [1.165, 1.54) is 6.20 Å². The van der Waals surface area contributed by atoms with E-state index in [4.69, 9.17) is 33.7 Å². The minimum Gasteiger partial charge on any atom is -0.368 e. The van der Waals surface area contributed by atoms with Gasteiger partial charge in [0, 0.05) is 34.8 Å². The SMILES string of the molecule is CC1(C)CCC2(CC1)N[C@@H](C(=O)CCCC1CC[C@@H](C(N)=O)OC1)[C@H](c1ccnc(Cl)c1F)[C@]21C(=O)Nc2cc(Cl)ccc21. The lowest BCUT2D eigenvalue weighted by Gasteiger charge is -2.50. The second-order valence-corrected chi connectivity index (χ2v) is 14.6. The number of benzene rings is 1. The molecule has 2 aromatic rings. The Morgan fingerprint density at radius 2 is 1.89 bits per heavy atom. The maximum atomic E-state index is 16.0. The number of amides is 2. The van der Waals surface area contributed by atoms with Gasteiger partial charge in [-0.3, -0.25) is 19.7 Å². The van der Waals surface area contributed by atoms with Gasteiger partial charge in [-0.25, -0.2) is 9.37 Å². The molecule has 4 aliphatic rings. The van der Waals surface area contributed by atoms with Crippen LogP contribution in [0.15, 0.2) is 30.5 Å². The summed E-state index contributed by atoms with van der Waals surface area (Å²) in [4.78, 5) is 44.2. The number of nitrogens with zero attached hydrogens (tertiary/aromatic N) is 1. The van der Waals surface area contributed by atoms with Crippen LogP contribution in [0.5, 0.6) is 0 Å². The lowest BCUT2D eigenvalue weighted by molar-refractivity contribution is -0.134. The predicted octanol–water partition coefficient (Wildman–Crippen LogP) is 5.83. The molecular weight excluding hydrogens is 606 g/mol. The summed E-state index contributed by atoms with van der Waals surface area (Å²) >= 11 is 12.6. The van der Waals surface area contributed by atoms with Crippen molar-refractivity contribution in [1.29, 1.82) is 0 Å². The number of fused-ring (bicyclic) bond motifs is 3. The Labute approximate surface area is 267 Å². The van der Waals surface area contributed by atoms with Gasteiger partial charge < -0.3 is 15.8 Å². The first-order valence-corrected chi connectivity index (χ1v) is 16.3. The third-order valence-electron chi connectivity index (χ3n) is 10.7. The molecule has 44 heavy (non-hydrogen) atoms. The van der Waals surface area contributed by atoms with E-state index in [2.05, 4.69) is 29.5 Å². The van der Waals surface area contributed by atoms with Crippen LogP contribution in [0, 0.1) is 17.2 Å². The van der Waals surface area contributed by atoms with Crippen molar-refractivity contribution >= 4 is 46.5 Å². The fourth-order valence-corrected chi connectivity index (χ4v) is 8.69. The van der Waals surface area contributed by atoms with Gasteiger partial charge in [0.1, 0.15) is 17.3 Å². The molecule has 5 atom stereocenters. The van der Waals surface area contributed by atoms with Gasteiger partial charge in [-0.1, -0.05) is 43.1 Å². The summed E-state index contributed by atoms with van der Waals surface area (Å²) in [7, 11) is 0. The molecule has 1 aromatic heterocycles. The zero-order chi connectivity index (χ0) is 31.4. The molecule has 236 valence electrons. The number of primary amides is 1. The van der Waals surface area contributed by atoms with Crippen LogP contribution in [-0.4, -0.2) is 46.9 Å². The van der Waals surface area contributed by atoms with Crippen molar-refractivity contribution in [2.75, 3.05) is 11.9 Å². The number of carbonyl (C=O) groups excluding carboxylic acids is 3. The summed E-state index contributed by atoms with van der Waals surface area (Å²) in [5.41, 5.74) is 4.86. The van der Waals surface area contributed by atoms with Gasteiger partial charge in [-0.2, -0.15) is 0 Å². The van der Waals surface area contributed by atoms with E-state index >= 15 is 4.39 Å². The van der Waals surface area contributed by atoms with Gasteiger partial charge in [-0.15, -0.1) is 0 Å². The topological polar surface area (TPSA) is 123 Å². The van der Waals surface area contributed by atoms with E-state index in [1.54, 1.807) is 18.2 Å². The van der Waals surface area contributed by atoms with Crippen LogP contribution in [0.2, 0.25) is 10.2 Å². The van der Waals surface area contributed by atoms with Crippen LogP contribution in [0.4, 0.5) is 10.1 Å². The third-order valence-corrected chi connectivity index (χ3v) is 11.2. The lowest BCUT2D eigenvalue weighted by atomic mass is 9.53. The smallest absolute Gasteiger partial charge is 0.246 e. The Morgan fingerprint density at radius 1 is 1.14 bits per heavy atom. The fourth-order valence-electron chi connectivity index (χ4n) is 8.36. The number of pyridine rings is 1. The molecule has 1 aromatic carbocycles. The van der Waals surface area contributed by atoms with E-state index in [9.17, 15) is 14.4 Å². The van der Waals surface area contributed by atoms with Gasteiger partial charge >= 0.3 is 0 Å². The van der Waals surface area contributed by atoms with Crippen molar-refractivity contribution in [1.82, 2.24) is 10.3 Å². The second-order valence-electron chi connectivity index (χ2n) is 13.8. The van der Waals surface area contributed by atoms with Gasteiger partial charge in [0.15, 0.2) is 11.0 Å². The summed E-state index contributed by atoms with van der Waals surface area (Å²) in [6.45, 7) is 4.86. The van der Waals surface area contributed by atoms with Crippen molar-refractivity contribution in [2.45, 2.75) is 101 Å². The van der Waals surface area contributed by atoms with Crippen molar-refractivity contribution in [3.63, 3.8) is 0 Å². The quantitative estimate of drug-likeness (QED) is 0.326. The number of rotatable bonds is 7. The number of nitrogens with two attached hydrogens (primary N) is 1. The average Bonchev–Trinajstić information content (AvgIpc) is 3.44. The highest BCUT2D eigenvalue weighted by Crippen LogP contribution is 2.64. The van der Waals surface area contributed by atoms with E-state index in [-0.39, 0.29) is 40.2 Å². The van der Waals surface area contributed by atoms with E-state index in [0.717, 1.165) is 31.2 Å². The molecule has 4 heterocycles. The Bertz CT molecular complexity index is 1480. The summed E-state index contributed by atoms with van der Waals surface area (Å²) in [6.07, 6.45) is 6.78. The number of hydrogen-bond donors (Lipinski definition) is 3. The Kier molecular flexibility index (Phi) is 8.31. The number of anilines is 1. The van der Waals surface area contributed by atoms with Crippen molar-refractivity contribution in [3.05, 3.63) is 57.6 Å². The molecule has 1 saturated carbocycles. The molecule has 1 aliphatic carbocycles. The minimum atomic E-state index is -1.28. The molecule has 2 amide bonds. The molecule has 4 N–H and O–H groups in total. The Balaban J connectivity index is 1.39. The molecule has 2 saturated heterocycles. The van der Waals surface area contributed by atoms with Crippen LogP contribution in [-0.2, 0) is 24.5 Å². The molecule has 0 bridgehead atoms. The number of nitrogens with one attached hydrogen (secondary N) is 2. The molecular formula is C33H39Cl2FN4O4. The summed E-state index contributed by atoms with van der Waals surface area (Å²) in [5, 5.41) is 6.96. The van der Waals surface area contributed by atoms with Crippen LogP contribution < -0.4 is 16.4 Å². The monoisotopic (exact) mass is 644 g/mol. The first kappa shape index (κ1) is 31.4. The lowest BCUT2D eigenvalue weighted by Crippen LogP contribution is -2.61. The van der Waals surface area contributed by atoms with Gasteiger partial charge in [0.05, 0.1) is 12.6 Å². The molecule has 0 radical (unpaired) electrons. The summed E-state index contributed by atoms with van der Waals surface area (Å²) in [5.74, 6) is -2.16. The molecule has 11 heteroatoms. The second kappa shape index (κ2) is 11.6. The number of hydrogen-bond acceptors (Lipinski definition) is 6. The standard InChI is InChI=1S/C33H39Cl2FN4O4/c1-31(2)11-13-32(14-12-31)33(21-8-7-19(34)16-22(21)39-30(33)43)25(20-10-15-38-28(35)26(20)36)27(40-32)23(41)5-3-4-18-6-9-24(29(37)42)44-17-18/h7-8,10,15-16,18,24-25,27,40H,3-6,9,11-14,17H2,1-2H3,(H2,37,42)(H,39,43)/t18?,24-,25-,27-,33+/m0/s1. The van der Waals surface area contributed by atoms with Gasteiger partial charge in [0.2, 0.25) is 11.8 Å². The molecule has 3 aliphatic heterocycles. The molecule has 2 spiro atoms. The van der Waals surface area contributed by atoms with Gasteiger partial charge in [0.25, 0.3) is 0 Å². The average molecular weight is 646 g/mol. The maximum Gasteiger partial charge on any atom is 0.246 e. The molecule has 3 fully saturated rings. The third kappa shape index (κ3) is 5.13. The minimum absolute atomic E-state index is 0.0600. The predicted molar refractivity (Wildman–Crippen MR) is 166 cm³/mol. The van der Waals surface area contributed by atoms with Crippen LogP contribution in [0.25, 0.3) is 0 Å². The van der Waals surface area contributed by atoms with Crippen LogP contribution in [0.1, 0.15) is 88.7 Å². The first-order valence-electron chi connectivity index (χ1n) is 15.5. The van der Waals surface area contributed by atoms with Crippen molar-refractivity contribution in [2.24, 2.45) is 17.1 Å². The zero-order valence-corrected chi connectivity index (χ0v) is 26.6. The molecule has 8 nitrogen and oxygen atoms in total. The number of carbonyl (C=O) groups is 3. The number of aromatic nitrogens is 1. The number of ketones is 1. The van der Waals surface area contributed by atoms with Crippen molar-refractivity contribution in [3.8, 4) is 0 Å². The van der Waals surface area contributed by atoms with E-state index < -0.39 is 40.7 Å². The first-order chi connectivity index (χ1) is 20.9. The normalized spacial score (nSPS) is 30.3. The number of ether oxygens (including phenoxy) is 1.